The van der Waals surface area contributed by atoms with Gasteiger partial charge in [0, 0.05) is 19.2 Å². The summed E-state index contributed by atoms with van der Waals surface area (Å²) in [6.45, 7) is 5.78. The van der Waals surface area contributed by atoms with Crippen LogP contribution >= 0.6 is 0 Å². The minimum Gasteiger partial charge on any atom is -0.594 e. The molecule has 0 unspecified atom stereocenters. The second-order valence-corrected chi connectivity index (χ2v) is 5.44. The van der Waals surface area contributed by atoms with E-state index in [1.54, 1.807) is 6.07 Å². The van der Waals surface area contributed by atoms with Crippen molar-refractivity contribution in [1.29, 1.82) is 0 Å². The molecule has 6 heteroatoms. The van der Waals surface area contributed by atoms with Crippen LogP contribution in [0.3, 0.4) is 0 Å². The first-order valence-electron chi connectivity index (χ1n) is 6.77. The molecular weight excluding hydrogens is 254 g/mol. The summed E-state index contributed by atoms with van der Waals surface area (Å²) in [5.41, 5.74) is 2.33. The van der Waals surface area contributed by atoms with Crippen molar-refractivity contribution in [3.63, 3.8) is 0 Å². The van der Waals surface area contributed by atoms with Gasteiger partial charge in [0.1, 0.15) is 5.52 Å². The Labute approximate surface area is 119 Å². The van der Waals surface area contributed by atoms with E-state index in [0.717, 1.165) is 12.1 Å². The summed E-state index contributed by atoms with van der Waals surface area (Å²) in [5, 5.41) is 18.9. The number of hydrogen-bond acceptors (Lipinski definition) is 5. The maximum atomic E-state index is 11.9. The number of hydrogen-bond donors (Lipinski definition) is 1. The third-order valence-electron chi connectivity index (χ3n) is 3.13. The van der Waals surface area contributed by atoms with Crippen molar-refractivity contribution in [3.05, 3.63) is 29.0 Å². The Kier molecular flexibility index (Phi) is 4.34. The number of benzene rings is 1. The summed E-state index contributed by atoms with van der Waals surface area (Å²) in [4.78, 5) is 7.10. The monoisotopic (exact) mass is 275 g/mol. The predicted molar refractivity (Wildman–Crippen MR) is 79.6 cm³/mol. The number of fused-ring (bicyclic) bond motifs is 1. The molecule has 1 N–H and O–H groups in total. The highest BCUT2D eigenvalue weighted by Gasteiger charge is 2.12. The van der Waals surface area contributed by atoms with Gasteiger partial charge < -0.3 is 15.4 Å². The Morgan fingerprint density at radius 1 is 1.35 bits per heavy atom. The molecular formula is C14H21N5O. The van der Waals surface area contributed by atoms with Gasteiger partial charge in [-0.3, -0.25) is 0 Å². The summed E-state index contributed by atoms with van der Waals surface area (Å²) in [5.74, 6) is 0.773. The average Bonchev–Trinajstić information content (AvgIpc) is 2.37. The topological polar surface area (TPSA) is 68.0 Å². The Balaban J connectivity index is 2.29. The van der Waals surface area contributed by atoms with Gasteiger partial charge >= 0.3 is 0 Å². The number of nitrogens with one attached hydrogen (secondary N) is 1. The van der Waals surface area contributed by atoms with E-state index in [1.807, 2.05) is 26.2 Å². The molecule has 1 heterocycles. The van der Waals surface area contributed by atoms with E-state index in [2.05, 4.69) is 34.1 Å². The maximum Gasteiger partial charge on any atom is 0.290 e. The molecule has 0 aliphatic rings. The molecule has 0 aliphatic carbocycles. The molecule has 0 aliphatic heterocycles. The van der Waals surface area contributed by atoms with Crippen LogP contribution in [0, 0.1) is 5.21 Å². The fourth-order valence-corrected chi connectivity index (χ4v) is 1.89. The first-order valence-corrected chi connectivity index (χ1v) is 6.77. The smallest absolute Gasteiger partial charge is 0.290 e. The molecule has 108 valence electrons. The van der Waals surface area contributed by atoms with E-state index in [-0.39, 0.29) is 0 Å². The highest BCUT2D eigenvalue weighted by molar-refractivity contribution is 5.72. The highest BCUT2D eigenvalue weighted by atomic mass is 16.5. The predicted octanol–water partition coefficient (Wildman–Crippen LogP) is 1.36. The van der Waals surface area contributed by atoms with Gasteiger partial charge in [-0.05, 0) is 36.5 Å². The number of nitrogens with zero attached hydrogens (tertiary/aromatic N) is 4. The molecule has 1 aromatic carbocycles. The van der Waals surface area contributed by atoms with E-state index in [4.69, 9.17) is 0 Å². The van der Waals surface area contributed by atoms with Crippen LogP contribution in [-0.4, -0.2) is 42.2 Å². The zero-order valence-corrected chi connectivity index (χ0v) is 12.4. The van der Waals surface area contributed by atoms with Crippen molar-refractivity contribution in [1.82, 2.24) is 15.0 Å². The van der Waals surface area contributed by atoms with Crippen LogP contribution in [0.5, 0.6) is 0 Å². The third kappa shape index (κ3) is 3.33. The van der Waals surface area contributed by atoms with E-state index in [0.29, 0.717) is 34.3 Å². The number of anilines is 1. The van der Waals surface area contributed by atoms with Gasteiger partial charge in [-0.1, -0.05) is 19.9 Å². The Hall–Kier alpha value is -1.95. The molecule has 20 heavy (non-hydrogen) atoms. The lowest BCUT2D eigenvalue weighted by atomic mass is 10.0. The Morgan fingerprint density at radius 2 is 2.10 bits per heavy atom. The van der Waals surface area contributed by atoms with Crippen molar-refractivity contribution < 1.29 is 4.85 Å². The van der Waals surface area contributed by atoms with Crippen LogP contribution in [0.4, 0.5) is 5.95 Å². The standard InChI is InChI=1S/C14H21N5O/c1-10(2)11-5-6-13-12(9-11)16-14(17-19(13)20)15-7-8-18(3)4/h5-6,9-10H,7-8H2,1-4H3,(H,15,16,17). The molecule has 0 saturated heterocycles. The quantitative estimate of drug-likeness (QED) is 0.659. The summed E-state index contributed by atoms with van der Waals surface area (Å²) in [6.07, 6.45) is 0. The van der Waals surface area contributed by atoms with Crippen LogP contribution in [0.25, 0.3) is 11.0 Å². The van der Waals surface area contributed by atoms with Crippen molar-refractivity contribution in [2.24, 2.45) is 0 Å². The molecule has 0 radical (unpaired) electrons. The normalized spacial score (nSPS) is 11.5. The van der Waals surface area contributed by atoms with Crippen molar-refractivity contribution in [2.75, 3.05) is 32.5 Å². The van der Waals surface area contributed by atoms with Gasteiger partial charge in [-0.15, -0.1) is 0 Å². The Bertz CT molecular complexity index is 597. The molecule has 0 bridgehead atoms. The first-order chi connectivity index (χ1) is 9.47. The van der Waals surface area contributed by atoms with Crippen molar-refractivity contribution >= 4 is 17.0 Å². The second-order valence-electron chi connectivity index (χ2n) is 5.44. The molecule has 2 aromatic rings. The molecule has 0 saturated carbocycles. The minimum atomic E-state index is 0.371. The van der Waals surface area contributed by atoms with E-state index >= 15 is 0 Å². The molecule has 0 spiro atoms. The van der Waals surface area contributed by atoms with E-state index in [1.165, 1.54) is 0 Å². The Morgan fingerprint density at radius 3 is 2.75 bits per heavy atom. The largest absolute Gasteiger partial charge is 0.594 e. The van der Waals surface area contributed by atoms with Gasteiger partial charge in [-0.2, -0.15) is 0 Å². The number of likely N-dealkylation sites (N-methyl/N-ethyl adjacent to an activating group) is 1. The fourth-order valence-electron chi connectivity index (χ4n) is 1.89. The summed E-state index contributed by atoms with van der Waals surface area (Å²) in [7, 11) is 3.98. The van der Waals surface area contributed by atoms with Gasteiger partial charge in [0.25, 0.3) is 11.5 Å². The van der Waals surface area contributed by atoms with Crippen LogP contribution in [0.1, 0.15) is 25.3 Å². The molecule has 2 rings (SSSR count). The minimum absolute atomic E-state index is 0.371. The van der Waals surface area contributed by atoms with Crippen LogP contribution in [0.15, 0.2) is 18.2 Å². The highest BCUT2D eigenvalue weighted by Crippen LogP contribution is 2.18. The lowest BCUT2D eigenvalue weighted by Gasteiger charge is -2.10. The summed E-state index contributed by atoms with van der Waals surface area (Å²) >= 11 is 0. The average molecular weight is 275 g/mol. The lowest BCUT2D eigenvalue weighted by Crippen LogP contribution is -2.34. The molecule has 6 nitrogen and oxygen atoms in total. The van der Waals surface area contributed by atoms with E-state index in [9.17, 15) is 5.21 Å². The molecule has 0 fully saturated rings. The molecule has 0 amide bonds. The van der Waals surface area contributed by atoms with Gasteiger partial charge in [-0.25, -0.2) is 4.98 Å². The van der Waals surface area contributed by atoms with E-state index < -0.39 is 0 Å². The summed E-state index contributed by atoms with van der Waals surface area (Å²) < 4.78 is 0. The van der Waals surface area contributed by atoms with Gasteiger partial charge in [0.05, 0.1) is 5.10 Å². The first kappa shape index (κ1) is 14.5. The zero-order valence-electron chi connectivity index (χ0n) is 12.4. The van der Waals surface area contributed by atoms with Crippen molar-refractivity contribution in [3.8, 4) is 0 Å². The third-order valence-corrected chi connectivity index (χ3v) is 3.13. The number of rotatable bonds is 5. The maximum absolute atomic E-state index is 11.9. The lowest BCUT2D eigenvalue weighted by molar-refractivity contribution is -0.641. The van der Waals surface area contributed by atoms with Crippen LogP contribution in [-0.2, 0) is 0 Å². The second kappa shape index (κ2) is 6.00. The molecule has 0 atom stereocenters. The SMILES string of the molecule is CC(C)c1ccc2c(c1)nc(NCCN(C)C)n[n+]2[O-]. The summed E-state index contributed by atoms with van der Waals surface area (Å²) in [6, 6.07) is 5.68. The molecule has 1 aromatic heterocycles. The van der Waals surface area contributed by atoms with Gasteiger partial charge in [0.15, 0.2) is 0 Å². The van der Waals surface area contributed by atoms with Crippen LogP contribution in [0.2, 0.25) is 0 Å². The van der Waals surface area contributed by atoms with Crippen LogP contribution < -0.4 is 10.2 Å². The number of aromatic nitrogens is 3. The van der Waals surface area contributed by atoms with Gasteiger partial charge in [0.2, 0.25) is 0 Å². The van der Waals surface area contributed by atoms with Crippen molar-refractivity contribution in [2.45, 2.75) is 19.8 Å². The zero-order chi connectivity index (χ0) is 14.7. The fraction of sp³-hybridized carbons (Fsp3) is 0.500.